The summed E-state index contributed by atoms with van der Waals surface area (Å²) in [4.78, 5) is 24.6. The first kappa shape index (κ1) is 25.7. The zero-order valence-electron chi connectivity index (χ0n) is 21.9. The van der Waals surface area contributed by atoms with Gasteiger partial charge >= 0.3 is 0 Å². The van der Waals surface area contributed by atoms with Crippen molar-refractivity contribution in [2.24, 2.45) is 11.8 Å². The highest BCUT2D eigenvalue weighted by molar-refractivity contribution is 6.32. The minimum atomic E-state index is -0.452. The number of likely N-dealkylation sites (tertiary alicyclic amines) is 1. The molecule has 2 aromatic heterocycles. The molecule has 1 aliphatic carbocycles. The van der Waals surface area contributed by atoms with Crippen LogP contribution in [0.15, 0.2) is 48.8 Å². The van der Waals surface area contributed by atoms with Crippen molar-refractivity contribution < 1.29 is 14.6 Å². The van der Waals surface area contributed by atoms with Crippen LogP contribution in [0.4, 0.5) is 5.82 Å². The van der Waals surface area contributed by atoms with Gasteiger partial charge in [0, 0.05) is 34.4 Å². The van der Waals surface area contributed by atoms with Crippen molar-refractivity contribution in [3.8, 4) is 0 Å². The summed E-state index contributed by atoms with van der Waals surface area (Å²) >= 11 is 6.75. The number of carbonyl (C=O) groups excluding carboxylic acids is 1. The molecular formula is C30H35ClN4O3. The maximum absolute atomic E-state index is 13.2. The van der Waals surface area contributed by atoms with Gasteiger partial charge in [0.2, 0.25) is 5.91 Å². The zero-order valence-corrected chi connectivity index (χ0v) is 22.7. The van der Waals surface area contributed by atoms with E-state index in [-0.39, 0.29) is 23.3 Å². The Bertz CT molecular complexity index is 1330. The van der Waals surface area contributed by atoms with Crippen LogP contribution in [0.3, 0.4) is 0 Å². The lowest BCUT2D eigenvalue weighted by atomic mass is 9.85. The van der Waals surface area contributed by atoms with E-state index in [1.54, 1.807) is 12.4 Å². The SMILES string of the molecule is CC[C@H]1[C@@H](C(=O)Nc2cc3cc(C4CCN([C@]5(C)COC[C@@H]5O)CC4)c(Cl)cc3cn2)[C@H]1c1ccccn1. The monoisotopic (exact) mass is 534 g/mol. The van der Waals surface area contributed by atoms with Crippen molar-refractivity contribution >= 4 is 34.1 Å². The number of aromatic nitrogens is 2. The van der Waals surface area contributed by atoms with Crippen LogP contribution < -0.4 is 5.32 Å². The topological polar surface area (TPSA) is 87.6 Å². The number of nitrogens with one attached hydrogen (secondary N) is 1. The molecule has 1 amide bonds. The Hall–Kier alpha value is -2.58. The summed E-state index contributed by atoms with van der Waals surface area (Å²) in [5, 5.41) is 16.2. The number of amides is 1. The van der Waals surface area contributed by atoms with Gasteiger partial charge in [-0.2, -0.15) is 0 Å². The van der Waals surface area contributed by atoms with Gasteiger partial charge in [0.1, 0.15) is 5.82 Å². The summed E-state index contributed by atoms with van der Waals surface area (Å²) in [6.45, 7) is 6.99. The fourth-order valence-corrected chi connectivity index (χ4v) is 6.97. The summed E-state index contributed by atoms with van der Waals surface area (Å²) < 4.78 is 5.55. The van der Waals surface area contributed by atoms with E-state index in [4.69, 9.17) is 16.3 Å². The number of aliphatic hydroxyl groups is 1. The minimum absolute atomic E-state index is 0.00693. The van der Waals surface area contributed by atoms with E-state index in [0.717, 1.165) is 59.4 Å². The third-order valence-electron chi connectivity index (χ3n) is 9.11. The van der Waals surface area contributed by atoms with E-state index in [0.29, 0.717) is 30.9 Å². The Morgan fingerprint density at radius 3 is 2.71 bits per heavy atom. The first-order valence-corrected chi connectivity index (χ1v) is 14.1. The molecule has 0 bridgehead atoms. The second kappa shape index (κ2) is 10.2. The maximum Gasteiger partial charge on any atom is 0.229 e. The lowest BCUT2D eigenvalue weighted by molar-refractivity contribution is -0.117. The van der Waals surface area contributed by atoms with Gasteiger partial charge in [-0.1, -0.05) is 31.0 Å². The molecule has 200 valence electrons. The van der Waals surface area contributed by atoms with Crippen LogP contribution in [0, 0.1) is 11.8 Å². The number of hydrogen-bond donors (Lipinski definition) is 2. The van der Waals surface area contributed by atoms with E-state index < -0.39 is 6.10 Å². The summed E-state index contributed by atoms with van der Waals surface area (Å²) in [5.41, 5.74) is 1.81. The summed E-state index contributed by atoms with van der Waals surface area (Å²) in [6, 6.07) is 12.0. The molecule has 3 aliphatic rings. The zero-order chi connectivity index (χ0) is 26.4. The van der Waals surface area contributed by atoms with Crippen molar-refractivity contribution in [3.63, 3.8) is 0 Å². The highest BCUT2D eigenvalue weighted by Crippen LogP contribution is 2.55. The third-order valence-corrected chi connectivity index (χ3v) is 9.43. The number of ether oxygens (including phenoxy) is 1. The smallest absolute Gasteiger partial charge is 0.229 e. The van der Waals surface area contributed by atoms with Crippen LogP contribution in [0.2, 0.25) is 5.02 Å². The van der Waals surface area contributed by atoms with Gasteiger partial charge in [0.25, 0.3) is 0 Å². The number of halogens is 1. The molecule has 8 heteroatoms. The predicted molar refractivity (Wildman–Crippen MR) is 148 cm³/mol. The minimum Gasteiger partial charge on any atom is -0.389 e. The Morgan fingerprint density at radius 1 is 1.21 bits per heavy atom. The number of anilines is 1. The van der Waals surface area contributed by atoms with Crippen LogP contribution in [0.25, 0.3) is 10.8 Å². The lowest BCUT2D eigenvalue weighted by Crippen LogP contribution is -2.56. The second-order valence-electron chi connectivity index (χ2n) is 11.3. The molecule has 38 heavy (non-hydrogen) atoms. The molecule has 1 saturated carbocycles. The van der Waals surface area contributed by atoms with E-state index in [9.17, 15) is 9.90 Å². The van der Waals surface area contributed by atoms with Crippen LogP contribution >= 0.6 is 11.6 Å². The average molecular weight is 535 g/mol. The van der Waals surface area contributed by atoms with Gasteiger partial charge in [-0.05, 0) is 86.0 Å². The quantitative estimate of drug-likeness (QED) is 0.463. The van der Waals surface area contributed by atoms with Gasteiger partial charge in [-0.15, -0.1) is 0 Å². The number of pyridine rings is 2. The Kier molecular flexibility index (Phi) is 6.89. The van der Waals surface area contributed by atoms with Gasteiger partial charge in [-0.25, -0.2) is 4.98 Å². The van der Waals surface area contributed by atoms with Crippen molar-refractivity contribution in [2.45, 2.75) is 56.6 Å². The highest BCUT2D eigenvalue weighted by atomic mass is 35.5. The van der Waals surface area contributed by atoms with E-state index in [2.05, 4.69) is 40.1 Å². The van der Waals surface area contributed by atoms with Crippen LogP contribution in [-0.4, -0.2) is 63.8 Å². The third kappa shape index (κ3) is 4.60. The first-order valence-electron chi connectivity index (χ1n) is 13.7. The average Bonchev–Trinajstić information content (AvgIpc) is 3.58. The van der Waals surface area contributed by atoms with Crippen molar-refractivity contribution in [2.75, 3.05) is 31.6 Å². The van der Waals surface area contributed by atoms with Crippen molar-refractivity contribution in [3.05, 3.63) is 65.1 Å². The molecule has 3 fully saturated rings. The van der Waals surface area contributed by atoms with Gasteiger partial charge < -0.3 is 15.2 Å². The number of rotatable bonds is 6. The lowest BCUT2D eigenvalue weighted by Gasteiger charge is -2.43. The molecule has 0 unspecified atom stereocenters. The molecule has 2 aliphatic heterocycles. The fourth-order valence-electron chi connectivity index (χ4n) is 6.65. The Balaban J connectivity index is 1.16. The first-order chi connectivity index (χ1) is 18.4. The molecule has 7 nitrogen and oxygen atoms in total. The molecule has 3 aromatic rings. The molecule has 5 atom stereocenters. The van der Waals surface area contributed by atoms with Gasteiger partial charge in [0.05, 0.1) is 30.8 Å². The second-order valence-corrected chi connectivity index (χ2v) is 11.7. The summed E-state index contributed by atoms with van der Waals surface area (Å²) in [5.74, 6) is 1.30. The fraction of sp³-hybridized carbons (Fsp3) is 0.500. The molecule has 6 rings (SSSR count). The highest BCUT2D eigenvalue weighted by Gasteiger charge is 2.55. The summed E-state index contributed by atoms with van der Waals surface area (Å²) in [6.07, 6.45) is 6.00. The van der Waals surface area contributed by atoms with E-state index in [1.165, 1.54) is 0 Å². The van der Waals surface area contributed by atoms with Crippen molar-refractivity contribution in [1.82, 2.24) is 14.9 Å². The number of hydrogen-bond acceptors (Lipinski definition) is 6. The standard InChI is InChI=1S/C30H35ClN4O3/c1-3-21-27(24-6-4-5-9-32-24)28(21)29(37)34-26-14-19-12-22(23(31)13-20(19)15-33-26)18-7-10-35(11-8-18)30(2)17-38-16-25(30)36/h4-6,9,12-15,18,21,25,27-28,36H,3,7-8,10-11,16-17H2,1-2H3,(H,33,34,37)/t21-,25+,27-,28-,30-/m1/s1. The number of aliphatic hydroxyl groups excluding tert-OH is 1. The maximum atomic E-state index is 13.2. The normalized spacial score (nSPS) is 30.0. The number of benzene rings is 1. The number of piperidine rings is 1. The molecule has 2 saturated heterocycles. The van der Waals surface area contributed by atoms with Crippen LogP contribution in [0.1, 0.15) is 56.2 Å². The molecule has 0 spiro atoms. The molecular weight excluding hydrogens is 500 g/mol. The molecule has 2 N–H and O–H groups in total. The van der Waals surface area contributed by atoms with Gasteiger partial charge in [-0.3, -0.25) is 14.7 Å². The Morgan fingerprint density at radius 2 is 2.03 bits per heavy atom. The van der Waals surface area contributed by atoms with Crippen LogP contribution in [-0.2, 0) is 9.53 Å². The van der Waals surface area contributed by atoms with E-state index in [1.807, 2.05) is 30.3 Å². The predicted octanol–water partition coefficient (Wildman–Crippen LogP) is 4.99. The summed E-state index contributed by atoms with van der Waals surface area (Å²) in [7, 11) is 0. The van der Waals surface area contributed by atoms with Crippen molar-refractivity contribution in [1.29, 1.82) is 0 Å². The van der Waals surface area contributed by atoms with Gasteiger partial charge in [0.15, 0.2) is 0 Å². The van der Waals surface area contributed by atoms with E-state index >= 15 is 0 Å². The number of carbonyl (C=O) groups is 1. The van der Waals surface area contributed by atoms with Crippen LogP contribution in [0.5, 0.6) is 0 Å². The number of fused-ring (bicyclic) bond motifs is 1. The Labute approximate surface area is 228 Å². The largest absolute Gasteiger partial charge is 0.389 e. The molecule has 1 aromatic carbocycles. The molecule has 0 radical (unpaired) electrons. The molecule has 4 heterocycles. The number of nitrogens with zero attached hydrogens (tertiary/aromatic N) is 3.